The van der Waals surface area contributed by atoms with Crippen molar-refractivity contribution < 1.29 is 18.9 Å². The summed E-state index contributed by atoms with van der Waals surface area (Å²) in [6, 6.07) is 9.14. The zero-order valence-electron chi connectivity index (χ0n) is 14.5. The van der Waals surface area contributed by atoms with E-state index in [1.165, 1.54) is 6.33 Å². The van der Waals surface area contributed by atoms with Crippen LogP contribution in [-0.4, -0.2) is 38.4 Å². The maximum atomic E-state index is 5.40. The van der Waals surface area contributed by atoms with E-state index in [9.17, 15) is 0 Å². The molecule has 2 aromatic carbocycles. The van der Waals surface area contributed by atoms with Crippen molar-refractivity contribution in [1.29, 1.82) is 0 Å². The maximum Gasteiger partial charge on any atom is 0.162 e. The van der Waals surface area contributed by atoms with Gasteiger partial charge in [0.2, 0.25) is 0 Å². The molecule has 0 saturated heterocycles. The van der Waals surface area contributed by atoms with Gasteiger partial charge in [-0.1, -0.05) is 0 Å². The SMILES string of the molecule is COc1ccc(OC)c(Nc2ncnc3cc(OC)c(OC)cc23)c1. The fourth-order valence-corrected chi connectivity index (χ4v) is 2.52. The fourth-order valence-electron chi connectivity index (χ4n) is 2.52. The molecule has 7 nitrogen and oxygen atoms in total. The van der Waals surface area contributed by atoms with Crippen molar-refractivity contribution in [3.05, 3.63) is 36.7 Å². The number of benzene rings is 2. The van der Waals surface area contributed by atoms with E-state index in [0.29, 0.717) is 28.8 Å². The molecule has 0 amide bonds. The summed E-state index contributed by atoms with van der Waals surface area (Å²) in [4.78, 5) is 8.65. The predicted octanol–water partition coefficient (Wildman–Crippen LogP) is 3.41. The molecule has 0 radical (unpaired) electrons. The summed E-state index contributed by atoms with van der Waals surface area (Å²) >= 11 is 0. The molecule has 0 bridgehead atoms. The van der Waals surface area contributed by atoms with Gasteiger partial charge in [-0.2, -0.15) is 0 Å². The standard InChI is InChI=1S/C18H19N3O4/c1-22-11-5-6-15(23-2)14(7-11)21-18-12-8-16(24-3)17(25-4)9-13(12)19-10-20-18/h5-10H,1-4H3,(H,19,20,21). The molecule has 3 rings (SSSR count). The molecule has 130 valence electrons. The van der Waals surface area contributed by atoms with Crippen molar-refractivity contribution in [3.63, 3.8) is 0 Å². The van der Waals surface area contributed by atoms with Gasteiger partial charge in [0.05, 0.1) is 39.6 Å². The van der Waals surface area contributed by atoms with Gasteiger partial charge in [-0.25, -0.2) is 9.97 Å². The van der Waals surface area contributed by atoms with Crippen molar-refractivity contribution in [2.24, 2.45) is 0 Å². The molecule has 3 aromatic rings. The van der Waals surface area contributed by atoms with Crippen LogP contribution in [0.3, 0.4) is 0 Å². The molecule has 1 aromatic heterocycles. The lowest BCUT2D eigenvalue weighted by atomic mass is 10.2. The summed E-state index contributed by atoms with van der Waals surface area (Å²) in [6.07, 6.45) is 1.49. The van der Waals surface area contributed by atoms with E-state index >= 15 is 0 Å². The molecule has 0 atom stereocenters. The number of anilines is 2. The number of nitrogens with zero attached hydrogens (tertiary/aromatic N) is 2. The number of fused-ring (bicyclic) bond motifs is 1. The Kier molecular flexibility index (Phi) is 4.74. The van der Waals surface area contributed by atoms with Crippen LogP contribution >= 0.6 is 0 Å². The highest BCUT2D eigenvalue weighted by molar-refractivity contribution is 5.93. The summed E-state index contributed by atoms with van der Waals surface area (Å²) in [5.74, 6) is 3.22. The molecule has 0 saturated carbocycles. The number of aromatic nitrogens is 2. The van der Waals surface area contributed by atoms with Crippen LogP contribution in [0.2, 0.25) is 0 Å². The van der Waals surface area contributed by atoms with Gasteiger partial charge in [-0.3, -0.25) is 0 Å². The van der Waals surface area contributed by atoms with Gasteiger partial charge in [0.25, 0.3) is 0 Å². The smallest absolute Gasteiger partial charge is 0.162 e. The second kappa shape index (κ2) is 7.12. The highest BCUT2D eigenvalue weighted by atomic mass is 16.5. The van der Waals surface area contributed by atoms with Crippen LogP contribution in [0.5, 0.6) is 23.0 Å². The Morgan fingerprint density at radius 1 is 0.760 bits per heavy atom. The maximum absolute atomic E-state index is 5.40. The molecular weight excluding hydrogens is 322 g/mol. The van der Waals surface area contributed by atoms with Crippen molar-refractivity contribution in [2.45, 2.75) is 0 Å². The first-order valence-electron chi connectivity index (χ1n) is 7.56. The Hall–Kier alpha value is -3.22. The van der Waals surface area contributed by atoms with Gasteiger partial charge in [-0.15, -0.1) is 0 Å². The monoisotopic (exact) mass is 341 g/mol. The zero-order chi connectivity index (χ0) is 17.8. The van der Waals surface area contributed by atoms with E-state index in [1.807, 2.05) is 30.3 Å². The molecule has 1 heterocycles. The Morgan fingerprint density at radius 2 is 1.48 bits per heavy atom. The molecule has 25 heavy (non-hydrogen) atoms. The normalized spacial score (nSPS) is 10.4. The van der Waals surface area contributed by atoms with Gasteiger partial charge in [0.15, 0.2) is 11.5 Å². The number of hydrogen-bond donors (Lipinski definition) is 1. The molecule has 0 fully saturated rings. The summed E-state index contributed by atoms with van der Waals surface area (Å²) in [6.45, 7) is 0. The van der Waals surface area contributed by atoms with Crippen LogP contribution < -0.4 is 24.3 Å². The average Bonchev–Trinajstić information content (AvgIpc) is 2.67. The number of nitrogens with one attached hydrogen (secondary N) is 1. The van der Waals surface area contributed by atoms with Gasteiger partial charge < -0.3 is 24.3 Å². The Labute approximate surface area is 145 Å². The Morgan fingerprint density at radius 3 is 2.16 bits per heavy atom. The minimum absolute atomic E-state index is 0.602. The van der Waals surface area contributed by atoms with Gasteiger partial charge >= 0.3 is 0 Å². The summed E-state index contributed by atoms with van der Waals surface area (Å²) in [7, 11) is 6.40. The summed E-state index contributed by atoms with van der Waals surface area (Å²) in [5, 5.41) is 4.07. The molecule has 0 aliphatic rings. The topological polar surface area (TPSA) is 74.7 Å². The minimum Gasteiger partial charge on any atom is -0.497 e. The van der Waals surface area contributed by atoms with Crippen LogP contribution in [0.15, 0.2) is 36.7 Å². The van der Waals surface area contributed by atoms with E-state index in [0.717, 1.165) is 16.6 Å². The molecule has 0 aliphatic carbocycles. The lowest BCUT2D eigenvalue weighted by Crippen LogP contribution is -2.00. The second-order valence-electron chi connectivity index (χ2n) is 5.14. The van der Waals surface area contributed by atoms with Crippen LogP contribution in [0.1, 0.15) is 0 Å². The van der Waals surface area contributed by atoms with E-state index in [4.69, 9.17) is 18.9 Å². The number of rotatable bonds is 6. The van der Waals surface area contributed by atoms with Crippen LogP contribution in [0.4, 0.5) is 11.5 Å². The van der Waals surface area contributed by atoms with Crippen molar-refractivity contribution in [1.82, 2.24) is 9.97 Å². The second-order valence-corrected chi connectivity index (χ2v) is 5.14. The third-order valence-corrected chi connectivity index (χ3v) is 3.80. The molecular formula is C18H19N3O4. The molecule has 0 spiro atoms. The first-order chi connectivity index (χ1) is 12.2. The van der Waals surface area contributed by atoms with Gasteiger partial charge in [-0.05, 0) is 18.2 Å². The quantitative estimate of drug-likeness (QED) is 0.736. The van der Waals surface area contributed by atoms with Crippen molar-refractivity contribution in [2.75, 3.05) is 33.8 Å². The van der Waals surface area contributed by atoms with Crippen LogP contribution in [0, 0.1) is 0 Å². The van der Waals surface area contributed by atoms with Crippen LogP contribution in [-0.2, 0) is 0 Å². The summed E-state index contributed by atoms with van der Waals surface area (Å²) < 4.78 is 21.4. The third-order valence-electron chi connectivity index (χ3n) is 3.80. The van der Waals surface area contributed by atoms with E-state index < -0.39 is 0 Å². The van der Waals surface area contributed by atoms with Crippen molar-refractivity contribution >= 4 is 22.4 Å². The largest absolute Gasteiger partial charge is 0.497 e. The minimum atomic E-state index is 0.602. The molecule has 7 heteroatoms. The van der Waals surface area contributed by atoms with Crippen molar-refractivity contribution in [3.8, 4) is 23.0 Å². The van der Waals surface area contributed by atoms with Gasteiger partial charge in [0.1, 0.15) is 23.6 Å². The highest BCUT2D eigenvalue weighted by Gasteiger charge is 2.13. The van der Waals surface area contributed by atoms with E-state index in [2.05, 4.69) is 15.3 Å². The molecule has 0 aliphatic heterocycles. The molecule has 1 N–H and O–H groups in total. The Bertz CT molecular complexity index is 899. The first kappa shape index (κ1) is 16.6. The lowest BCUT2D eigenvalue weighted by Gasteiger charge is -2.14. The third kappa shape index (κ3) is 3.21. The van der Waals surface area contributed by atoms with Gasteiger partial charge in [0, 0.05) is 17.5 Å². The number of hydrogen-bond acceptors (Lipinski definition) is 7. The first-order valence-corrected chi connectivity index (χ1v) is 7.56. The highest BCUT2D eigenvalue weighted by Crippen LogP contribution is 2.36. The summed E-state index contributed by atoms with van der Waals surface area (Å²) in [5.41, 5.74) is 1.47. The predicted molar refractivity (Wildman–Crippen MR) is 95.5 cm³/mol. The van der Waals surface area contributed by atoms with E-state index in [-0.39, 0.29) is 0 Å². The van der Waals surface area contributed by atoms with Crippen LogP contribution in [0.25, 0.3) is 10.9 Å². The Balaban J connectivity index is 2.10. The number of methoxy groups -OCH3 is 4. The molecule has 0 unspecified atom stereocenters. The fraction of sp³-hybridized carbons (Fsp3) is 0.222. The van der Waals surface area contributed by atoms with E-state index in [1.54, 1.807) is 28.4 Å². The number of ether oxygens (including phenoxy) is 4. The lowest BCUT2D eigenvalue weighted by molar-refractivity contribution is 0.356. The average molecular weight is 341 g/mol. The zero-order valence-corrected chi connectivity index (χ0v) is 14.5.